The van der Waals surface area contributed by atoms with Crippen LogP contribution >= 0.6 is 0 Å². The fourth-order valence-electron chi connectivity index (χ4n) is 3.12. The highest BCUT2D eigenvalue weighted by Gasteiger charge is 2.30. The Bertz CT molecular complexity index is 750. The number of nitrogens with zero attached hydrogens (tertiary/aromatic N) is 1. The van der Waals surface area contributed by atoms with E-state index >= 15 is 0 Å². The number of amides is 3. The molecule has 3 amide bonds. The van der Waals surface area contributed by atoms with E-state index in [1.165, 1.54) is 0 Å². The maximum Gasteiger partial charge on any atom is 0.252 e. The molecule has 146 valence electrons. The summed E-state index contributed by atoms with van der Waals surface area (Å²) in [7, 11) is 0. The van der Waals surface area contributed by atoms with Crippen LogP contribution in [-0.2, 0) is 9.59 Å². The zero-order valence-electron chi connectivity index (χ0n) is 16.6. The lowest BCUT2D eigenvalue weighted by Crippen LogP contribution is -2.44. The lowest BCUT2D eigenvalue weighted by Gasteiger charge is -2.31. The van der Waals surface area contributed by atoms with Gasteiger partial charge in [0.1, 0.15) is 0 Å². The maximum atomic E-state index is 12.7. The van der Waals surface area contributed by atoms with Gasteiger partial charge in [-0.2, -0.15) is 0 Å². The predicted octanol–water partition coefficient (Wildman–Crippen LogP) is 2.89. The molecule has 6 heteroatoms. The summed E-state index contributed by atoms with van der Waals surface area (Å²) in [5.41, 5.74) is 1.54. The van der Waals surface area contributed by atoms with Crippen molar-refractivity contribution in [3.63, 3.8) is 0 Å². The maximum absolute atomic E-state index is 12.7. The molecule has 6 nitrogen and oxygen atoms in total. The predicted molar refractivity (Wildman–Crippen MR) is 107 cm³/mol. The van der Waals surface area contributed by atoms with E-state index in [0.29, 0.717) is 37.2 Å². The zero-order valence-corrected chi connectivity index (χ0v) is 16.6. The van der Waals surface area contributed by atoms with Crippen LogP contribution in [0.4, 0.5) is 5.69 Å². The molecule has 0 aliphatic carbocycles. The molecular formula is C21H29N3O3. The summed E-state index contributed by atoms with van der Waals surface area (Å²) in [6.45, 7) is 12.1. The molecule has 1 heterocycles. The topological polar surface area (TPSA) is 78.5 Å². The first-order valence-electron chi connectivity index (χ1n) is 9.24. The third-order valence-corrected chi connectivity index (χ3v) is 4.55. The van der Waals surface area contributed by atoms with E-state index in [1.54, 1.807) is 29.2 Å². The van der Waals surface area contributed by atoms with Gasteiger partial charge < -0.3 is 15.5 Å². The molecule has 0 radical (unpaired) electrons. The number of benzene rings is 1. The minimum Gasteiger partial charge on any atom is -0.347 e. The molecule has 0 saturated carbocycles. The average molecular weight is 371 g/mol. The van der Waals surface area contributed by atoms with Gasteiger partial charge in [-0.05, 0) is 51.8 Å². The fourth-order valence-corrected chi connectivity index (χ4v) is 3.12. The van der Waals surface area contributed by atoms with Crippen LogP contribution in [0.1, 0.15) is 49.5 Å². The van der Waals surface area contributed by atoms with Crippen LogP contribution in [0, 0.1) is 12.8 Å². The van der Waals surface area contributed by atoms with Crippen LogP contribution in [0.25, 0.3) is 0 Å². The number of anilines is 1. The highest BCUT2D eigenvalue weighted by Crippen LogP contribution is 2.23. The minimum atomic E-state index is -0.341. The van der Waals surface area contributed by atoms with E-state index in [9.17, 15) is 14.4 Å². The molecular weight excluding hydrogens is 342 g/mol. The zero-order chi connectivity index (χ0) is 20.2. The number of rotatable bonds is 5. The molecule has 0 aromatic heterocycles. The summed E-state index contributed by atoms with van der Waals surface area (Å²) in [5, 5.41) is 5.87. The molecule has 0 unspecified atom stereocenters. The molecule has 2 rings (SSSR count). The second-order valence-electron chi connectivity index (χ2n) is 7.99. The van der Waals surface area contributed by atoms with Crippen molar-refractivity contribution in [3.05, 3.63) is 42.0 Å². The number of hydrogen-bond donors (Lipinski definition) is 2. The van der Waals surface area contributed by atoms with Crippen molar-refractivity contribution >= 4 is 23.4 Å². The van der Waals surface area contributed by atoms with Crippen LogP contribution in [0.15, 0.2) is 30.9 Å². The summed E-state index contributed by atoms with van der Waals surface area (Å²) in [5.74, 6) is -0.519. The van der Waals surface area contributed by atoms with Gasteiger partial charge in [0.15, 0.2) is 0 Å². The number of carbonyl (C=O) groups is 3. The first kappa shape index (κ1) is 20.7. The minimum absolute atomic E-state index is 0.0518. The highest BCUT2D eigenvalue weighted by molar-refractivity contribution is 6.00. The number of hydrogen-bond acceptors (Lipinski definition) is 3. The van der Waals surface area contributed by atoms with Crippen molar-refractivity contribution in [3.8, 4) is 0 Å². The lowest BCUT2D eigenvalue weighted by atomic mass is 9.96. The molecule has 1 saturated heterocycles. The van der Waals surface area contributed by atoms with Gasteiger partial charge in [0, 0.05) is 36.3 Å². The van der Waals surface area contributed by atoms with E-state index in [1.807, 2.05) is 27.7 Å². The van der Waals surface area contributed by atoms with E-state index in [0.717, 1.165) is 5.56 Å². The van der Waals surface area contributed by atoms with E-state index < -0.39 is 0 Å². The molecule has 1 atom stereocenters. The molecule has 1 aliphatic rings. The first-order valence-corrected chi connectivity index (χ1v) is 9.24. The SMILES string of the molecule is C=CCN1C[C@H](C(=O)Nc2cccc(C(=O)NC(C)(C)C)c2C)CCC1=O. The molecule has 1 aromatic carbocycles. The lowest BCUT2D eigenvalue weighted by molar-refractivity contribution is -0.136. The van der Waals surface area contributed by atoms with Gasteiger partial charge >= 0.3 is 0 Å². The molecule has 0 bridgehead atoms. The normalized spacial score (nSPS) is 17.4. The molecule has 0 spiro atoms. The average Bonchev–Trinajstić information content (AvgIpc) is 2.57. The van der Waals surface area contributed by atoms with Gasteiger partial charge in [0.25, 0.3) is 5.91 Å². The quantitative estimate of drug-likeness (QED) is 0.781. The Kier molecular flexibility index (Phi) is 6.41. The van der Waals surface area contributed by atoms with Gasteiger partial charge in [0.05, 0.1) is 5.92 Å². The number of nitrogens with one attached hydrogen (secondary N) is 2. The van der Waals surface area contributed by atoms with E-state index in [2.05, 4.69) is 17.2 Å². The largest absolute Gasteiger partial charge is 0.347 e. The summed E-state index contributed by atoms with van der Waals surface area (Å²) in [6.07, 6.45) is 2.56. The molecule has 2 N–H and O–H groups in total. The van der Waals surface area contributed by atoms with Gasteiger partial charge in [-0.25, -0.2) is 0 Å². The second-order valence-corrected chi connectivity index (χ2v) is 7.99. The van der Waals surface area contributed by atoms with Crippen LogP contribution in [0.2, 0.25) is 0 Å². The fraction of sp³-hybridized carbons (Fsp3) is 0.476. The van der Waals surface area contributed by atoms with Crippen molar-refractivity contribution in [2.75, 3.05) is 18.4 Å². The summed E-state index contributed by atoms with van der Waals surface area (Å²) >= 11 is 0. The highest BCUT2D eigenvalue weighted by atomic mass is 16.2. The van der Waals surface area contributed by atoms with Crippen molar-refractivity contribution in [1.29, 1.82) is 0 Å². The monoisotopic (exact) mass is 371 g/mol. The Balaban J connectivity index is 2.12. The number of carbonyl (C=O) groups excluding carboxylic acids is 3. The third-order valence-electron chi connectivity index (χ3n) is 4.55. The van der Waals surface area contributed by atoms with Gasteiger partial charge in [-0.3, -0.25) is 14.4 Å². The summed E-state index contributed by atoms with van der Waals surface area (Å²) in [4.78, 5) is 38.8. The van der Waals surface area contributed by atoms with Gasteiger partial charge in [-0.1, -0.05) is 12.1 Å². The standard InChI is InChI=1S/C21H29N3O3/c1-6-12-24-13-15(10-11-18(24)25)19(26)22-17-9-7-8-16(14(17)2)20(27)23-21(3,4)5/h6-9,15H,1,10-13H2,2-5H3,(H,22,26)(H,23,27)/t15-/m1/s1. The van der Waals surface area contributed by atoms with Crippen molar-refractivity contribution < 1.29 is 14.4 Å². The third kappa shape index (κ3) is 5.42. The Labute approximate surface area is 161 Å². The van der Waals surface area contributed by atoms with Crippen LogP contribution in [0.3, 0.4) is 0 Å². The summed E-state index contributed by atoms with van der Waals surface area (Å²) in [6, 6.07) is 5.29. The van der Waals surface area contributed by atoms with Gasteiger partial charge in [0.2, 0.25) is 11.8 Å². The number of likely N-dealkylation sites (tertiary alicyclic amines) is 1. The van der Waals surface area contributed by atoms with Crippen molar-refractivity contribution in [2.24, 2.45) is 5.92 Å². The summed E-state index contributed by atoms with van der Waals surface area (Å²) < 4.78 is 0. The van der Waals surface area contributed by atoms with Crippen LogP contribution < -0.4 is 10.6 Å². The van der Waals surface area contributed by atoms with E-state index in [-0.39, 0.29) is 29.2 Å². The Hall–Kier alpha value is -2.63. The van der Waals surface area contributed by atoms with Crippen LogP contribution in [0.5, 0.6) is 0 Å². The molecule has 1 aromatic rings. The van der Waals surface area contributed by atoms with Crippen molar-refractivity contribution in [2.45, 2.75) is 46.1 Å². The Morgan fingerprint density at radius 3 is 2.67 bits per heavy atom. The number of piperidine rings is 1. The first-order chi connectivity index (χ1) is 12.6. The Morgan fingerprint density at radius 1 is 1.33 bits per heavy atom. The molecule has 27 heavy (non-hydrogen) atoms. The molecule has 1 aliphatic heterocycles. The Morgan fingerprint density at radius 2 is 2.04 bits per heavy atom. The second kappa shape index (κ2) is 8.37. The smallest absolute Gasteiger partial charge is 0.252 e. The van der Waals surface area contributed by atoms with Crippen molar-refractivity contribution in [1.82, 2.24) is 10.2 Å². The van der Waals surface area contributed by atoms with E-state index in [4.69, 9.17) is 0 Å². The van der Waals surface area contributed by atoms with Crippen LogP contribution in [-0.4, -0.2) is 41.2 Å². The molecule has 1 fully saturated rings. The van der Waals surface area contributed by atoms with Gasteiger partial charge in [-0.15, -0.1) is 6.58 Å².